The predicted molar refractivity (Wildman–Crippen MR) is 120 cm³/mol. The second-order valence-electron chi connectivity index (χ2n) is 8.73. The summed E-state index contributed by atoms with van der Waals surface area (Å²) in [5, 5.41) is 0.444. The molecule has 0 N–H and O–H groups in total. The summed E-state index contributed by atoms with van der Waals surface area (Å²) >= 11 is 5.92. The number of hydrogen-bond donors (Lipinski definition) is 0. The van der Waals surface area contributed by atoms with Crippen LogP contribution < -0.4 is 10.5 Å². The molecule has 0 aliphatic carbocycles. The molecule has 2 unspecified atom stereocenters. The van der Waals surface area contributed by atoms with Crippen molar-refractivity contribution in [3.05, 3.63) is 51.3 Å². The minimum atomic E-state index is -4.38. The van der Waals surface area contributed by atoms with Crippen LogP contribution in [-0.2, 0) is 17.7 Å². The van der Waals surface area contributed by atoms with Gasteiger partial charge in [0.1, 0.15) is 28.7 Å². The van der Waals surface area contributed by atoms with E-state index in [1.165, 1.54) is 18.2 Å². The largest absolute Gasteiger partial charge is 0.391 e. The number of rotatable bonds is 3. The van der Waals surface area contributed by atoms with E-state index < -0.39 is 30.6 Å². The summed E-state index contributed by atoms with van der Waals surface area (Å²) in [6.07, 6.45) is -5.67. The fourth-order valence-electron chi connectivity index (χ4n) is 4.70. The van der Waals surface area contributed by atoms with Gasteiger partial charge in [0.15, 0.2) is 0 Å². The van der Waals surface area contributed by atoms with Gasteiger partial charge in [0, 0.05) is 36.6 Å². The van der Waals surface area contributed by atoms with Crippen LogP contribution in [0.1, 0.15) is 25.6 Å². The SMILES string of the molecule is CC1CN(c2cc3c(=O)n4c(nc3c(-c3ccc(Cl)cc3F)n2)CCC4)CC(CC(F)(F)F)O1. The zero-order valence-corrected chi connectivity index (χ0v) is 19.0. The molecule has 11 heteroatoms. The van der Waals surface area contributed by atoms with Crippen molar-refractivity contribution >= 4 is 28.3 Å². The number of hydrogen-bond acceptors (Lipinski definition) is 5. The van der Waals surface area contributed by atoms with Crippen LogP contribution in [0.2, 0.25) is 5.02 Å². The molecule has 2 atom stereocenters. The third-order valence-electron chi connectivity index (χ3n) is 6.08. The van der Waals surface area contributed by atoms with Crippen molar-refractivity contribution in [1.29, 1.82) is 0 Å². The summed E-state index contributed by atoms with van der Waals surface area (Å²) in [4.78, 5) is 24.2. The summed E-state index contributed by atoms with van der Waals surface area (Å²) in [5.41, 5.74) is 0.251. The van der Waals surface area contributed by atoms with E-state index in [4.69, 9.17) is 16.3 Å². The Labute approximate surface area is 197 Å². The van der Waals surface area contributed by atoms with Gasteiger partial charge in [-0.2, -0.15) is 13.2 Å². The van der Waals surface area contributed by atoms with E-state index in [2.05, 4.69) is 9.97 Å². The molecule has 4 heterocycles. The molecule has 0 saturated carbocycles. The third-order valence-corrected chi connectivity index (χ3v) is 6.32. The lowest BCUT2D eigenvalue weighted by atomic mass is 10.1. The standard InChI is InChI=1S/C23H21ClF4N4O2/c1-12-10-31(11-14(34-12)9-23(26,27)28)19-8-16-21(29-18-3-2-6-32(18)22(16)33)20(30-19)15-5-4-13(24)7-17(15)25/h4-5,7-8,12,14H,2-3,6,9-11H2,1H3. The lowest BCUT2D eigenvalue weighted by Gasteiger charge is -2.38. The average molecular weight is 497 g/mol. The maximum Gasteiger partial charge on any atom is 0.391 e. The Hall–Kier alpha value is -2.72. The molecular weight excluding hydrogens is 476 g/mol. The maximum atomic E-state index is 14.9. The quantitative estimate of drug-likeness (QED) is 0.490. The monoisotopic (exact) mass is 496 g/mol. The van der Waals surface area contributed by atoms with Gasteiger partial charge in [0.2, 0.25) is 0 Å². The smallest absolute Gasteiger partial charge is 0.371 e. The van der Waals surface area contributed by atoms with Crippen molar-refractivity contribution in [1.82, 2.24) is 14.5 Å². The minimum absolute atomic E-state index is 0.0649. The van der Waals surface area contributed by atoms with E-state index in [0.29, 0.717) is 18.8 Å². The second-order valence-corrected chi connectivity index (χ2v) is 9.17. The number of halogens is 5. The molecule has 3 aromatic rings. The maximum absolute atomic E-state index is 14.9. The van der Waals surface area contributed by atoms with Gasteiger partial charge in [0.05, 0.1) is 24.0 Å². The summed E-state index contributed by atoms with van der Waals surface area (Å²) in [6, 6.07) is 5.66. The minimum Gasteiger partial charge on any atom is -0.371 e. The van der Waals surface area contributed by atoms with Crippen molar-refractivity contribution in [2.75, 3.05) is 18.0 Å². The van der Waals surface area contributed by atoms with E-state index in [0.717, 1.165) is 12.5 Å². The van der Waals surface area contributed by atoms with Gasteiger partial charge >= 0.3 is 6.18 Å². The van der Waals surface area contributed by atoms with Crippen molar-refractivity contribution < 1.29 is 22.3 Å². The first-order valence-corrected chi connectivity index (χ1v) is 11.3. The molecule has 2 aliphatic heterocycles. The number of aryl methyl sites for hydroxylation is 1. The van der Waals surface area contributed by atoms with E-state index in [-0.39, 0.29) is 51.6 Å². The second kappa shape index (κ2) is 8.49. The first-order chi connectivity index (χ1) is 16.1. The number of nitrogens with zero attached hydrogens (tertiary/aromatic N) is 4. The summed E-state index contributed by atoms with van der Waals surface area (Å²) in [7, 11) is 0. The molecular formula is C23H21ClF4N4O2. The van der Waals surface area contributed by atoms with E-state index in [1.54, 1.807) is 16.4 Å². The van der Waals surface area contributed by atoms with Crippen LogP contribution in [0.5, 0.6) is 0 Å². The Kier molecular flexibility index (Phi) is 5.76. The number of alkyl halides is 3. The Bertz CT molecular complexity index is 1330. The number of fused-ring (bicyclic) bond motifs is 2. The van der Waals surface area contributed by atoms with Crippen molar-refractivity contribution in [3.8, 4) is 11.3 Å². The molecule has 0 bridgehead atoms. The molecule has 1 aromatic carbocycles. The van der Waals surface area contributed by atoms with E-state index >= 15 is 0 Å². The number of aromatic nitrogens is 3. The lowest BCUT2D eigenvalue weighted by molar-refractivity contribution is -0.168. The Balaban J connectivity index is 1.68. The molecule has 2 aromatic heterocycles. The third kappa shape index (κ3) is 4.36. The van der Waals surface area contributed by atoms with Crippen LogP contribution in [0.15, 0.2) is 29.1 Å². The van der Waals surface area contributed by atoms with Crippen LogP contribution in [-0.4, -0.2) is 46.0 Å². The zero-order chi connectivity index (χ0) is 24.2. The highest BCUT2D eigenvalue weighted by atomic mass is 35.5. The summed E-state index contributed by atoms with van der Waals surface area (Å²) in [5.74, 6) is 0.246. The van der Waals surface area contributed by atoms with Crippen molar-refractivity contribution in [3.63, 3.8) is 0 Å². The number of anilines is 1. The van der Waals surface area contributed by atoms with Gasteiger partial charge in [-0.15, -0.1) is 0 Å². The first kappa shape index (κ1) is 23.0. The first-order valence-electron chi connectivity index (χ1n) is 11.0. The molecule has 0 radical (unpaired) electrons. The molecule has 5 rings (SSSR count). The molecule has 34 heavy (non-hydrogen) atoms. The highest BCUT2D eigenvalue weighted by Crippen LogP contribution is 2.33. The van der Waals surface area contributed by atoms with Crippen LogP contribution in [0, 0.1) is 5.82 Å². The fourth-order valence-corrected chi connectivity index (χ4v) is 4.86. The number of morpholine rings is 1. The van der Waals surface area contributed by atoms with Gasteiger partial charge in [-0.05, 0) is 37.6 Å². The normalized spacial score (nSPS) is 20.7. The lowest BCUT2D eigenvalue weighted by Crippen LogP contribution is -2.48. The van der Waals surface area contributed by atoms with Gasteiger partial charge in [-0.1, -0.05) is 11.6 Å². The molecule has 6 nitrogen and oxygen atoms in total. The molecule has 1 saturated heterocycles. The molecule has 2 aliphatic rings. The highest BCUT2D eigenvalue weighted by molar-refractivity contribution is 6.30. The van der Waals surface area contributed by atoms with Crippen LogP contribution in [0.4, 0.5) is 23.4 Å². The fraction of sp³-hybridized carbons (Fsp3) is 0.435. The number of pyridine rings is 1. The van der Waals surface area contributed by atoms with Gasteiger partial charge in [-0.25, -0.2) is 14.4 Å². The van der Waals surface area contributed by atoms with Crippen LogP contribution in [0.25, 0.3) is 22.2 Å². The predicted octanol–water partition coefficient (Wildman–Crippen LogP) is 4.74. The number of benzene rings is 1. The molecule has 0 spiro atoms. The van der Waals surface area contributed by atoms with E-state index in [1.807, 2.05) is 0 Å². The molecule has 0 amide bonds. The average Bonchev–Trinajstić information content (AvgIpc) is 3.21. The van der Waals surface area contributed by atoms with Crippen LogP contribution in [0.3, 0.4) is 0 Å². The number of ether oxygens (including phenoxy) is 1. The highest BCUT2D eigenvalue weighted by Gasteiger charge is 2.37. The van der Waals surface area contributed by atoms with Crippen LogP contribution >= 0.6 is 11.6 Å². The van der Waals surface area contributed by atoms with E-state index in [9.17, 15) is 22.4 Å². The Morgan fingerprint density at radius 1 is 1.21 bits per heavy atom. The topological polar surface area (TPSA) is 60.2 Å². The van der Waals surface area contributed by atoms with Gasteiger partial charge in [0.25, 0.3) is 5.56 Å². The van der Waals surface area contributed by atoms with Crippen molar-refractivity contribution in [2.45, 2.75) is 51.1 Å². The molecule has 180 valence electrons. The van der Waals surface area contributed by atoms with Gasteiger partial charge < -0.3 is 9.64 Å². The zero-order valence-electron chi connectivity index (χ0n) is 18.2. The Morgan fingerprint density at radius 3 is 2.74 bits per heavy atom. The summed E-state index contributed by atoms with van der Waals surface area (Å²) < 4.78 is 61.1. The van der Waals surface area contributed by atoms with Gasteiger partial charge in [-0.3, -0.25) is 9.36 Å². The van der Waals surface area contributed by atoms with Crippen molar-refractivity contribution in [2.24, 2.45) is 0 Å². The Morgan fingerprint density at radius 2 is 2.00 bits per heavy atom. The summed E-state index contributed by atoms with van der Waals surface area (Å²) in [6.45, 7) is 2.42. The molecule has 1 fully saturated rings.